The molecule has 3 aromatic rings. The molecule has 1 unspecified atom stereocenters. The van der Waals surface area contributed by atoms with Gasteiger partial charge in [-0.15, -0.1) is 24.0 Å². The van der Waals surface area contributed by atoms with Crippen molar-refractivity contribution in [3.05, 3.63) is 54.2 Å². The first-order valence-corrected chi connectivity index (χ1v) is 11.1. The molecule has 3 N–H and O–H groups in total. The minimum absolute atomic E-state index is 0. The first-order valence-electron chi connectivity index (χ1n) is 11.1. The second-order valence-electron chi connectivity index (χ2n) is 7.72. The summed E-state index contributed by atoms with van der Waals surface area (Å²) in [5, 5.41) is 6.81. The van der Waals surface area contributed by atoms with Crippen molar-refractivity contribution in [2.75, 3.05) is 32.7 Å². The van der Waals surface area contributed by atoms with Crippen LogP contribution in [0.5, 0.6) is 0 Å². The first kappa shape index (κ1) is 23.6. The van der Waals surface area contributed by atoms with Crippen molar-refractivity contribution in [1.82, 2.24) is 25.5 Å². The number of H-pyrrole nitrogens is 1. The van der Waals surface area contributed by atoms with Crippen molar-refractivity contribution in [3.8, 4) is 0 Å². The third kappa shape index (κ3) is 6.46. The van der Waals surface area contributed by atoms with Gasteiger partial charge >= 0.3 is 0 Å². The van der Waals surface area contributed by atoms with E-state index in [2.05, 4.69) is 44.6 Å². The fourth-order valence-electron chi connectivity index (χ4n) is 4.04. The summed E-state index contributed by atoms with van der Waals surface area (Å²) in [6.07, 6.45) is 6.38. The van der Waals surface area contributed by atoms with E-state index in [9.17, 15) is 0 Å². The molecule has 2 aromatic heterocycles. The van der Waals surface area contributed by atoms with Crippen LogP contribution in [0.2, 0.25) is 0 Å². The van der Waals surface area contributed by atoms with Gasteiger partial charge in [-0.05, 0) is 57.1 Å². The summed E-state index contributed by atoms with van der Waals surface area (Å²) < 4.78 is 5.74. The Labute approximate surface area is 201 Å². The maximum atomic E-state index is 5.74. The summed E-state index contributed by atoms with van der Waals surface area (Å²) in [6, 6.07) is 12.3. The Morgan fingerprint density at radius 3 is 2.74 bits per heavy atom. The van der Waals surface area contributed by atoms with Crippen molar-refractivity contribution in [1.29, 1.82) is 0 Å². The van der Waals surface area contributed by atoms with E-state index in [1.54, 1.807) is 6.26 Å². The molecule has 1 atom stereocenters. The summed E-state index contributed by atoms with van der Waals surface area (Å²) in [5.74, 6) is 2.82. The van der Waals surface area contributed by atoms with Gasteiger partial charge in [0.05, 0.1) is 29.9 Å². The number of guanidine groups is 1. The molecule has 0 bridgehead atoms. The molecule has 168 valence electrons. The Balaban J connectivity index is 0.00000272. The lowest BCUT2D eigenvalue weighted by Gasteiger charge is -2.32. The Hall–Kier alpha value is -2.07. The van der Waals surface area contributed by atoms with Gasteiger partial charge in [-0.3, -0.25) is 9.89 Å². The van der Waals surface area contributed by atoms with E-state index >= 15 is 0 Å². The molecule has 1 aliphatic rings. The number of hydrogen-bond acceptors (Lipinski definition) is 4. The lowest BCUT2D eigenvalue weighted by Crippen LogP contribution is -2.40. The number of aromatic nitrogens is 2. The maximum Gasteiger partial charge on any atom is 0.191 e. The molecule has 1 aromatic carbocycles. The molecule has 4 rings (SSSR count). The van der Waals surface area contributed by atoms with Crippen molar-refractivity contribution in [2.45, 2.75) is 38.6 Å². The molecule has 0 spiro atoms. The Morgan fingerprint density at radius 2 is 2.00 bits per heavy atom. The molecule has 31 heavy (non-hydrogen) atoms. The number of imidazole rings is 1. The highest BCUT2D eigenvalue weighted by Crippen LogP contribution is 2.25. The number of piperidine rings is 1. The molecule has 0 radical (unpaired) electrons. The monoisotopic (exact) mass is 536 g/mol. The van der Waals surface area contributed by atoms with E-state index in [0.29, 0.717) is 6.54 Å². The van der Waals surface area contributed by atoms with Gasteiger partial charge in [0.2, 0.25) is 0 Å². The van der Waals surface area contributed by atoms with Crippen LogP contribution in [-0.4, -0.2) is 53.6 Å². The molecule has 0 aliphatic carbocycles. The van der Waals surface area contributed by atoms with Crippen LogP contribution in [0.4, 0.5) is 0 Å². The lowest BCUT2D eigenvalue weighted by molar-refractivity contribution is 0.150. The summed E-state index contributed by atoms with van der Waals surface area (Å²) in [4.78, 5) is 15.4. The summed E-state index contributed by atoms with van der Waals surface area (Å²) in [7, 11) is 0. The Kier molecular flexibility index (Phi) is 9.20. The van der Waals surface area contributed by atoms with E-state index in [1.807, 2.05) is 24.3 Å². The number of nitrogens with one attached hydrogen (secondary N) is 3. The van der Waals surface area contributed by atoms with Gasteiger partial charge < -0.3 is 20.0 Å². The third-order valence-corrected chi connectivity index (χ3v) is 5.56. The number of halogens is 1. The predicted molar refractivity (Wildman–Crippen MR) is 136 cm³/mol. The maximum absolute atomic E-state index is 5.74. The smallest absolute Gasteiger partial charge is 0.191 e. The number of aromatic amines is 1. The molecule has 1 fully saturated rings. The summed E-state index contributed by atoms with van der Waals surface area (Å²) in [5.41, 5.74) is 2.09. The number of furan rings is 1. The zero-order valence-electron chi connectivity index (χ0n) is 18.1. The van der Waals surface area contributed by atoms with Crippen molar-refractivity contribution in [3.63, 3.8) is 0 Å². The van der Waals surface area contributed by atoms with E-state index in [4.69, 9.17) is 9.41 Å². The SMILES string of the molecule is CCNC(=NCC(c1ccco1)N1CCCCC1)NCCc1nc2ccccc2[nH]1.I. The molecule has 1 aliphatic heterocycles. The molecular weight excluding hydrogens is 503 g/mol. The number of nitrogens with zero attached hydrogens (tertiary/aromatic N) is 3. The van der Waals surface area contributed by atoms with Crippen LogP contribution >= 0.6 is 24.0 Å². The number of rotatable bonds is 8. The van der Waals surface area contributed by atoms with Crippen LogP contribution in [0.15, 0.2) is 52.1 Å². The van der Waals surface area contributed by atoms with Gasteiger partial charge in [0.15, 0.2) is 5.96 Å². The van der Waals surface area contributed by atoms with E-state index in [-0.39, 0.29) is 30.0 Å². The van der Waals surface area contributed by atoms with Crippen LogP contribution in [-0.2, 0) is 6.42 Å². The average molecular weight is 536 g/mol. The van der Waals surface area contributed by atoms with E-state index < -0.39 is 0 Å². The largest absolute Gasteiger partial charge is 0.468 e. The predicted octanol–water partition coefficient (Wildman–Crippen LogP) is 4.10. The fraction of sp³-hybridized carbons (Fsp3) is 0.478. The minimum atomic E-state index is 0. The highest BCUT2D eigenvalue weighted by molar-refractivity contribution is 14.0. The normalized spacial score (nSPS) is 16.1. The third-order valence-electron chi connectivity index (χ3n) is 5.56. The number of aliphatic imine (C=N–C) groups is 1. The molecule has 1 saturated heterocycles. The van der Waals surface area contributed by atoms with Crippen LogP contribution in [0.3, 0.4) is 0 Å². The number of hydrogen-bond donors (Lipinski definition) is 3. The van der Waals surface area contributed by atoms with Gasteiger partial charge in [0.25, 0.3) is 0 Å². The Bertz CT molecular complexity index is 900. The zero-order chi connectivity index (χ0) is 20.6. The fourth-order valence-corrected chi connectivity index (χ4v) is 4.04. The van der Waals surface area contributed by atoms with E-state index in [1.165, 1.54) is 19.3 Å². The molecule has 0 amide bonds. The topological polar surface area (TPSA) is 81.5 Å². The number of para-hydroxylation sites is 2. The molecule has 0 saturated carbocycles. The van der Waals surface area contributed by atoms with Crippen molar-refractivity contribution >= 4 is 41.0 Å². The molecular formula is C23H33IN6O. The lowest BCUT2D eigenvalue weighted by atomic mass is 10.1. The first-order chi connectivity index (χ1) is 14.8. The molecule has 8 heteroatoms. The standard InChI is InChI=1S/C23H32N6O.HI/c1-2-24-23(25-13-12-22-27-18-9-4-5-10-19(18)28-22)26-17-20(21-11-8-16-30-21)29-14-6-3-7-15-29;/h4-5,8-11,16,20H,2-3,6-7,12-15,17H2,1H3,(H,27,28)(H2,24,25,26);1H. The van der Waals surface area contributed by atoms with Gasteiger partial charge in [-0.1, -0.05) is 18.6 Å². The summed E-state index contributed by atoms with van der Waals surface area (Å²) in [6.45, 7) is 6.57. The van der Waals surface area contributed by atoms with Crippen LogP contribution in [0, 0.1) is 0 Å². The highest BCUT2D eigenvalue weighted by Gasteiger charge is 2.24. The second-order valence-corrected chi connectivity index (χ2v) is 7.72. The number of benzene rings is 1. The van der Waals surface area contributed by atoms with Gasteiger partial charge in [0.1, 0.15) is 11.6 Å². The summed E-state index contributed by atoms with van der Waals surface area (Å²) >= 11 is 0. The van der Waals surface area contributed by atoms with Gasteiger partial charge in [-0.2, -0.15) is 0 Å². The quantitative estimate of drug-likeness (QED) is 0.230. The number of likely N-dealkylation sites (tertiary alicyclic amines) is 1. The van der Waals surface area contributed by atoms with Crippen molar-refractivity contribution < 1.29 is 4.42 Å². The van der Waals surface area contributed by atoms with Crippen LogP contribution < -0.4 is 10.6 Å². The number of fused-ring (bicyclic) bond motifs is 1. The zero-order valence-corrected chi connectivity index (χ0v) is 20.5. The van der Waals surface area contributed by atoms with Crippen molar-refractivity contribution in [2.24, 2.45) is 4.99 Å². The van der Waals surface area contributed by atoms with Gasteiger partial charge in [0, 0.05) is 19.5 Å². The molecule has 3 heterocycles. The van der Waals surface area contributed by atoms with Crippen LogP contribution in [0.1, 0.15) is 43.8 Å². The average Bonchev–Trinajstić information content (AvgIpc) is 3.44. The van der Waals surface area contributed by atoms with E-state index in [0.717, 1.165) is 61.2 Å². The minimum Gasteiger partial charge on any atom is -0.468 e. The Morgan fingerprint density at radius 1 is 1.16 bits per heavy atom. The second kappa shape index (κ2) is 12.1. The van der Waals surface area contributed by atoms with Gasteiger partial charge in [-0.25, -0.2) is 4.98 Å². The molecule has 7 nitrogen and oxygen atoms in total. The van der Waals surface area contributed by atoms with Crippen LogP contribution in [0.25, 0.3) is 11.0 Å². The highest BCUT2D eigenvalue weighted by atomic mass is 127.